The molecule has 0 N–H and O–H groups in total. The number of anilines is 6. The number of para-hydroxylation sites is 2. The highest BCUT2D eigenvalue weighted by Crippen LogP contribution is 2.68. The minimum atomic E-state index is -1.67. The number of nitriles is 1. The van der Waals surface area contributed by atoms with Gasteiger partial charge in [-0.15, -0.1) is 0 Å². The predicted octanol–water partition coefficient (Wildman–Crippen LogP) is 18.4. The summed E-state index contributed by atoms with van der Waals surface area (Å²) < 4.78 is 14.9. The van der Waals surface area contributed by atoms with Crippen LogP contribution in [0.1, 0.15) is 38.9 Å². The first kappa shape index (κ1) is 44.3. The first-order valence-corrected chi connectivity index (χ1v) is 29.0. The Bertz CT molecular complexity index is 4400. The zero-order valence-electron chi connectivity index (χ0n) is 42.2. The molecule has 0 fully saturated rings. The van der Waals surface area contributed by atoms with Gasteiger partial charge in [-0.1, -0.05) is 146 Å². The van der Waals surface area contributed by atoms with Crippen molar-refractivity contribution < 1.29 is 8.83 Å². The first-order valence-electron chi connectivity index (χ1n) is 25.5. The lowest BCUT2D eigenvalue weighted by molar-refractivity contribution is 0.665. The van der Waals surface area contributed by atoms with Crippen molar-refractivity contribution in [2.75, 3.05) is 9.80 Å². The van der Waals surface area contributed by atoms with Crippen LogP contribution in [0.25, 0.3) is 71.0 Å². The number of fused-ring (bicyclic) bond motifs is 18. The second kappa shape index (κ2) is 16.3. The van der Waals surface area contributed by atoms with Crippen molar-refractivity contribution in [2.45, 2.75) is 38.9 Å². The molecule has 2 aliphatic rings. The van der Waals surface area contributed by atoms with Gasteiger partial charge in [-0.25, -0.2) is 4.85 Å². The largest absolute Gasteiger partial charge is 0.455 e. The van der Waals surface area contributed by atoms with Gasteiger partial charge in [0.2, 0.25) is 0 Å². The van der Waals surface area contributed by atoms with Gasteiger partial charge in [-0.2, -0.15) is 5.26 Å². The standard InChI is InChI=1S/C68H48N4O2Si/c1-41-23-27-44(28-24-41)72(47-33-36-57(70-3)42(2)37-47)59-39-56-65(67-63(59)52-18-10-14-22-61(52)74-67)64-55(68(56)53-19-11-7-15-49(53)50-16-8-12-20-54(50)68)38-58(62-51-17-9-13-21-60(51)73-66(62)64)71(45-29-25-43(40-69)26-30-45)46-31-34-48(35-32-46)75(4,5)6/h7-39H,1-2,4-6H3. The molecule has 2 heterocycles. The molecule has 0 bridgehead atoms. The van der Waals surface area contributed by atoms with E-state index in [0.717, 1.165) is 111 Å². The van der Waals surface area contributed by atoms with Crippen LogP contribution in [0.3, 0.4) is 0 Å². The lowest BCUT2D eigenvalue weighted by atomic mass is 9.70. The van der Waals surface area contributed by atoms with E-state index in [4.69, 9.17) is 15.4 Å². The van der Waals surface area contributed by atoms with Gasteiger partial charge in [0.25, 0.3) is 0 Å². The van der Waals surface area contributed by atoms with Crippen molar-refractivity contribution in [3.05, 3.63) is 251 Å². The van der Waals surface area contributed by atoms with Crippen LogP contribution < -0.4 is 15.0 Å². The Balaban J connectivity index is 1.19. The molecule has 356 valence electrons. The van der Waals surface area contributed by atoms with Crippen LogP contribution >= 0.6 is 0 Å². The number of hydrogen-bond acceptors (Lipinski definition) is 5. The molecule has 75 heavy (non-hydrogen) atoms. The fraction of sp³-hybridized carbons (Fsp3) is 0.0882. The summed E-state index contributed by atoms with van der Waals surface area (Å²) in [6.45, 7) is 19.3. The molecular weight excluding hydrogens is 933 g/mol. The molecule has 0 saturated carbocycles. The average molecular weight is 981 g/mol. The van der Waals surface area contributed by atoms with E-state index in [2.05, 4.69) is 217 Å². The third-order valence-electron chi connectivity index (χ3n) is 15.8. The molecule has 0 amide bonds. The maximum Gasteiger partial charge on any atom is 0.190 e. The van der Waals surface area contributed by atoms with Crippen molar-refractivity contribution in [2.24, 2.45) is 0 Å². The van der Waals surface area contributed by atoms with Crippen molar-refractivity contribution in [1.29, 1.82) is 5.26 Å². The van der Waals surface area contributed by atoms with Crippen LogP contribution in [-0.2, 0) is 5.41 Å². The van der Waals surface area contributed by atoms with Crippen molar-refractivity contribution in [3.63, 3.8) is 0 Å². The van der Waals surface area contributed by atoms with E-state index in [1.165, 1.54) is 27.4 Å². The maximum atomic E-state index is 10.1. The van der Waals surface area contributed by atoms with Gasteiger partial charge in [0.1, 0.15) is 22.3 Å². The van der Waals surface area contributed by atoms with Crippen molar-refractivity contribution in [1.82, 2.24) is 0 Å². The predicted molar refractivity (Wildman–Crippen MR) is 310 cm³/mol. The Kier molecular flexibility index (Phi) is 9.63. The van der Waals surface area contributed by atoms with Crippen LogP contribution in [0.4, 0.5) is 39.8 Å². The number of furan rings is 2. The third-order valence-corrected chi connectivity index (χ3v) is 17.9. The smallest absolute Gasteiger partial charge is 0.190 e. The Labute approximate surface area is 436 Å². The van der Waals surface area contributed by atoms with Gasteiger partial charge >= 0.3 is 0 Å². The van der Waals surface area contributed by atoms with E-state index in [0.29, 0.717) is 11.3 Å². The SMILES string of the molecule is [C-]#[N+]c1ccc(N(c2ccc(C)cc2)c2cc3c(c4oc5ccccc5c24)-c2c(cc(N(c4ccc(C#N)cc4)c4ccc([Si](C)(C)C)cc4)c4c2oc2ccccc24)C32c3ccccc3-c3ccccc32)cc1C. The number of hydrogen-bond donors (Lipinski definition) is 0. The summed E-state index contributed by atoms with van der Waals surface area (Å²) >= 11 is 0. The molecule has 14 rings (SSSR count). The van der Waals surface area contributed by atoms with E-state index in [9.17, 15) is 5.26 Å². The molecule has 0 aliphatic heterocycles. The molecule has 2 aliphatic carbocycles. The Morgan fingerprint density at radius 3 is 1.45 bits per heavy atom. The van der Waals surface area contributed by atoms with Gasteiger partial charge in [0.05, 0.1) is 53.8 Å². The Morgan fingerprint density at radius 1 is 0.507 bits per heavy atom. The monoisotopic (exact) mass is 980 g/mol. The number of aryl methyl sites for hydroxylation is 2. The Morgan fingerprint density at radius 2 is 0.960 bits per heavy atom. The van der Waals surface area contributed by atoms with Crippen molar-refractivity contribution in [3.8, 4) is 28.3 Å². The average Bonchev–Trinajstić information content (AvgIpc) is 4.18. The molecular formula is C68H48N4O2Si. The van der Waals surface area contributed by atoms with E-state index in [1.807, 2.05) is 37.3 Å². The lowest BCUT2D eigenvalue weighted by Crippen LogP contribution is -2.37. The molecule has 0 saturated heterocycles. The number of rotatable bonds is 7. The molecule has 6 nitrogen and oxygen atoms in total. The highest BCUT2D eigenvalue weighted by atomic mass is 28.3. The highest BCUT2D eigenvalue weighted by Gasteiger charge is 2.55. The van der Waals surface area contributed by atoms with E-state index in [1.54, 1.807) is 0 Å². The summed E-state index contributed by atoms with van der Waals surface area (Å²) in [5.41, 5.74) is 20.2. The zero-order valence-corrected chi connectivity index (χ0v) is 43.2. The number of benzene rings is 10. The zero-order chi connectivity index (χ0) is 50.9. The van der Waals surface area contributed by atoms with Gasteiger partial charge in [-0.3, -0.25) is 0 Å². The summed E-state index contributed by atoms with van der Waals surface area (Å²) in [5, 5.41) is 15.4. The van der Waals surface area contributed by atoms with Crippen LogP contribution in [0.2, 0.25) is 19.6 Å². The fourth-order valence-corrected chi connectivity index (χ4v) is 13.6. The van der Waals surface area contributed by atoms with Crippen LogP contribution in [0.5, 0.6) is 0 Å². The summed E-state index contributed by atoms with van der Waals surface area (Å²) in [6.07, 6.45) is 0. The van der Waals surface area contributed by atoms with E-state index in [-0.39, 0.29) is 0 Å². The van der Waals surface area contributed by atoms with Gasteiger partial charge in [-0.05, 0) is 138 Å². The normalized spacial score (nSPS) is 12.9. The molecule has 0 radical (unpaired) electrons. The maximum absolute atomic E-state index is 10.1. The summed E-state index contributed by atoms with van der Waals surface area (Å²) in [4.78, 5) is 8.60. The van der Waals surface area contributed by atoms with E-state index >= 15 is 0 Å². The lowest BCUT2D eigenvalue weighted by Gasteiger charge is -2.33. The van der Waals surface area contributed by atoms with Crippen LogP contribution in [0.15, 0.2) is 209 Å². The molecule has 10 aromatic carbocycles. The minimum Gasteiger partial charge on any atom is -0.455 e. The Hall–Kier alpha value is -9.40. The fourth-order valence-electron chi connectivity index (χ4n) is 12.4. The molecule has 2 aromatic heterocycles. The third kappa shape index (κ3) is 6.35. The van der Waals surface area contributed by atoms with Crippen molar-refractivity contribution >= 4 is 96.9 Å². The number of nitrogens with zero attached hydrogens (tertiary/aromatic N) is 4. The highest BCUT2D eigenvalue weighted by molar-refractivity contribution is 6.88. The molecule has 12 aromatic rings. The first-order chi connectivity index (χ1) is 36.6. The molecule has 7 heteroatoms. The summed E-state index contributed by atoms with van der Waals surface area (Å²) in [7, 11) is -1.67. The summed E-state index contributed by atoms with van der Waals surface area (Å²) in [6, 6.07) is 73.8. The molecule has 0 unspecified atom stereocenters. The summed E-state index contributed by atoms with van der Waals surface area (Å²) in [5.74, 6) is 0. The molecule has 0 atom stereocenters. The molecule has 1 spiro atoms. The second-order valence-corrected chi connectivity index (χ2v) is 26.2. The van der Waals surface area contributed by atoms with Crippen LogP contribution in [0, 0.1) is 31.8 Å². The quantitative estimate of drug-likeness (QED) is 0.118. The van der Waals surface area contributed by atoms with Gasteiger partial charge < -0.3 is 18.6 Å². The van der Waals surface area contributed by atoms with Gasteiger partial charge in [0.15, 0.2) is 5.69 Å². The van der Waals surface area contributed by atoms with E-state index < -0.39 is 13.5 Å². The topological polar surface area (TPSA) is 60.9 Å². The minimum absolute atomic E-state index is 0.594. The van der Waals surface area contributed by atoms with Crippen LogP contribution in [-0.4, -0.2) is 8.07 Å². The second-order valence-electron chi connectivity index (χ2n) is 21.1. The van der Waals surface area contributed by atoms with Gasteiger partial charge in [0, 0.05) is 44.6 Å².